The summed E-state index contributed by atoms with van der Waals surface area (Å²) in [6, 6.07) is 12.1. The third-order valence-electron chi connectivity index (χ3n) is 7.53. The van der Waals surface area contributed by atoms with Crippen LogP contribution in [-0.2, 0) is 16.0 Å². The molecule has 0 bridgehead atoms. The normalized spacial score (nSPS) is 16.8. The summed E-state index contributed by atoms with van der Waals surface area (Å²) < 4.78 is 38.4. The van der Waals surface area contributed by atoms with Crippen LogP contribution in [0.5, 0.6) is 11.5 Å². The summed E-state index contributed by atoms with van der Waals surface area (Å²) in [5, 5.41) is 8.35. The lowest BCUT2D eigenvalue weighted by atomic mass is 9.84. The monoisotopic (exact) mass is 535 g/mol. The number of fused-ring (bicyclic) bond motifs is 1. The van der Waals surface area contributed by atoms with Crippen molar-refractivity contribution in [3.63, 3.8) is 0 Å². The van der Waals surface area contributed by atoms with E-state index in [1.807, 2.05) is 31.2 Å². The Labute approximate surface area is 227 Å². The average molecular weight is 536 g/mol. The van der Waals surface area contributed by atoms with Gasteiger partial charge in [-0.3, -0.25) is 0 Å². The molecule has 1 unspecified atom stereocenters. The van der Waals surface area contributed by atoms with E-state index in [4.69, 9.17) is 34.0 Å². The maximum absolute atomic E-state index is 14.2. The van der Waals surface area contributed by atoms with Crippen LogP contribution >= 0.6 is 0 Å². The molecule has 5 rings (SSSR count). The highest BCUT2D eigenvalue weighted by atomic mass is 19.1. The van der Waals surface area contributed by atoms with E-state index in [-0.39, 0.29) is 11.7 Å². The van der Waals surface area contributed by atoms with Crippen molar-refractivity contribution >= 4 is 11.5 Å². The summed E-state index contributed by atoms with van der Waals surface area (Å²) >= 11 is 0. The highest BCUT2D eigenvalue weighted by Gasteiger charge is 2.39. The molecular weight excluding hydrogens is 501 g/mol. The van der Waals surface area contributed by atoms with Crippen molar-refractivity contribution in [3.05, 3.63) is 65.4 Å². The van der Waals surface area contributed by atoms with Gasteiger partial charge in [-0.15, -0.1) is 0 Å². The van der Waals surface area contributed by atoms with E-state index in [9.17, 15) is 4.39 Å². The zero-order valence-electron chi connectivity index (χ0n) is 23.0. The van der Waals surface area contributed by atoms with Crippen LogP contribution in [0.25, 0.3) is 16.9 Å². The van der Waals surface area contributed by atoms with Crippen molar-refractivity contribution in [2.45, 2.75) is 50.9 Å². The van der Waals surface area contributed by atoms with Gasteiger partial charge in [-0.05, 0) is 44.0 Å². The number of nitrogens with one attached hydrogen (secondary N) is 1. The number of halogens is 1. The van der Waals surface area contributed by atoms with Crippen molar-refractivity contribution in [1.82, 2.24) is 19.6 Å². The van der Waals surface area contributed by atoms with Gasteiger partial charge in [-0.2, -0.15) is 5.10 Å². The van der Waals surface area contributed by atoms with Crippen molar-refractivity contribution in [2.24, 2.45) is 0 Å². The van der Waals surface area contributed by atoms with Crippen LogP contribution in [0.4, 0.5) is 10.2 Å². The molecule has 2 heterocycles. The molecule has 2 aromatic carbocycles. The first-order valence-electron chi connectivity index (χ1n) is 13.0. The maximum atomic E-state index is 14.2. The molecule has 0 aliphatic heterocycles. The molecule has 4 aromatic rings. The Morgan fingerprint density at radius 2 is 1.87 bits per heavy atom. The first kappa shape index (κ1) is 26.8. The van der Waals surface area contributed by atoms with E-state index in [0.29, 0.717) is 53.0 Å². The quantitative estimate of drug-likeness (QED) is 0.280. The third-order valence-corrected chi connectivity index (χ3v) is 7.53. The molecule has 2 aromatic heterocycles. The van der Waals surface area contributed by atoms with Gasteiger partial charge in [0.15, 0.2) is 23.1 Å². The minimum absolute atomic E-state index is 0.0603. The zero-order valence-corrected chi connectivity index (χ0v) is 23.0. The van der Waals surface area contributed by atoms with Gasteiger partial charge in [0.2, 0.25) is 0 Å². The predicted molar refractivity (Wildman–Crippen MR) is 146 cm³/mol. The summed E-state index contributed by atoms with van der Waals surface area (Å²) in [5.74, 6) is 1.73. The van der Waals surface area contributed by atoms with E-state index in [1.165, 1.54) is 12.1 Å². The summed E-state index contributed by atoms with van der Waals surface area (Å²) in [7, 11) is 6.60. The van der Waals surface area contributed by atoms with Crippen LogP contribution in [-0.4, -0.2) is 53.8 Å². The van der Waals surface area contributed by atoms with Crippen molar-refractivity contribution < 1.29 is 23.3 Å². The van der Waals surface area contributed by atoms with Gasteiger partial charge in [0, 0.05) is 56.7 Å². The zero-order chi connectivity index (χ0) is 27.6. The lowest BCUT2D eigenvalue weighted by Gasteiger charge is -2.37. The number of hydrogen-bond donors (Lipinski definition) is 1. The Morgan fingerprint density at radius 1 is 1.05 bits per heavy atom. The molecule has 1 atom stereocenters. The fourth-order valence-corrected chi connectivity index (χ4v) is 5.31. The second-order valence-corrected chi connectivity index (χ2v) is 9.75. The van der Waals surface area contributed by atoms with Gasteiger partial charge in [0.25, 0.3) is 0 Å². The van der Waals surface area contributed by atoms with Crippen LogP contribution in [0.15, 0.2) is 42.5 Å². The van der Waals surface area contributed by atoms with Crippen LogP contribution < -0.4 is 14.8 Å². The standard InChI is InChI=1S/C29H34FN5O4/c1-18-25(19-8-6-10-22(30)14-19)32-27(31-17-21-11-12-23(36-2)15-24(21)37-3)28-33-26(34-35(18)28)20-9-7-13-29(16-20,38-4)39-5/h6,8,10-12,14-15,20H,7,9,13,16-17H2,1-5H3,(H,31,32). The molecule has 10 heteroatoms. The van der Waals surface area contributed by atoms with E-state index < -0.39 is 5.79 Å². The van der Waals surface area contributed by atoms with E-state index >= 15 is 0 Å². The topological polar surface area (TPSA) is 92.0 Å². The molecule has 0 amide bonds. The van der Waals surface area contributed by atoms with Crippen LogP contribution in [0.1, 0.15) is 48.7 Å². The van der Waals surface area contributed by atoms with Gasteiger partial charge in [0.1, 0.15) is 17.3 Å². The Bertz CT molecular complexity index is 1470. The SMILES string of the molecule is COc1ccc(CNc2nc(-c3cccc(F)c3)c(C)n3nc(C4CCCC(OC)(OC)C4)nc23)c(OC)c1. The lowest BCUT2D eigenvalue weighted by molar-refractivity contribution is -0.226. The van der Waals surface area contributed by atoms with Crippen molar-refractivity contribution in [1.29, 1.82) is 0 Å². The molecule has 1 N–H and O–H groups in total. The molecule has 1 aliphatic rings. The molecule has 39 heavy (non-hydrogen) atoms. The number of ether oxygens (including phenoxy) is 4. The van der Waals surface area contributed by atoms with Crippen molar-refractivity contribution in [2.75, 3.05) is 33.8 Å². The molecule has 1 fully saturated rings. The van der Waals surface area contributed by atoms with E-state index in [0.717, 1.165) is 30.5 Å². The molecule has 0 spiro atoms. The third kappa shape index (κ3) is 5.26. The van der Waals surface area contributed by atoms with Crippen LogP contribution in [0, 0.1) is 12.7 Å². The first-order valence-corrected chi connectivity index (χ1v) is 13.0. The molecule has 9 nitrogen and oxygen atoms in total. The summed E-state index contributed by atoms with van der Waals surface area (Å²) in [5.41, 5.74) is 3.56. The van der Waals surface area contributed by atoms with Crippen LogP contribution in [0.3, 0.4) is 0 Å². The summed E-state index contributed by atoms with van der Waals surface area (Å²) in [6.07, 6.45) is 3.35. The van der Waals surface area contributed by atoms with Gasteiger partial charge in [-0.25, -0.2) is 18.9 Å². The highest BCUT2D eigenvalue weighted by molar-refractivity contribution is 5.71. The minimum atomic E-state index is -0.646. The summed E-state index contributed by atoms with van der Waals surface area (Å²) in [4.78, 5) is 9.88. The molecule has 1 saturated carbocycles. The lowest BCUT2D eigenvalue weighted by Crippen LogP contribution is -2.38. The Morgan fingerprint density at radius 3 is 2.59 bits per heavy atom. The fraction of sp³-hybridized carbons (Fsp3) is 0.414. The fourth-order valence-electron chi connectivity index (χ4n) is 5.31. The Balaban J connectivity index is 1.58. The highest BCUT2D eigenvalue weighted by Crippen LogP contribution is 2.40. The number of aryl methyl sites for hydroxylation is 1. The number of rotatable bonds is 9. The number of benzene rings is 2. The van der Waals surface area contributed by atoms with E-state index in [1.54, 1.807) is 39.0 Å². The first-order chi connectivity index (χ1) is 18.9. The van der Waals surface area contributed by atoms with E-state index in [2.05, 4.69) is 5.32 Å². The Hall–Kier alpha value is -3.76. The largest absolute Gasteiger partial charge is 0.497 e. The van der Waals surface area contributed by atoms with Gasteiger partial charge < -0.3 is 24.3 Å². The molecular formula is C29H34FN5O4. The Kier molecular flexibility index (Phi) is 7.67. The smallest absolute Gasteiger partial charge is 0.198 e. The number of nitrogens with zero attached hydrogens (tertiary/aromatic N) is 4. The molecule has 1 aliphatic carbocycles. The number of methoxy groups -OCH3 is 4. The van der Waals surface area contributed by atoms with Gasteiger partial charge in [-0.1, -0.05) is 12.1 Å². The molecule has 0 saturated heterocycles. The molecule has 206 valence electrons. The number of anilines is 1. The van der Waals surface area contributed by atoms with Gasteiger partial charge >= 0.3 is 0 Å². The van der Waals surface area contributed by atoms with Crippen molar-refractivity contribution in [3.8, 4) is 22.8 Å². The molecule has 0 radical (unpaired) electrons. The number of aromatic nitrogens is 4. The predicted octanol–water partition coefficient (Wildman–Crippen LogP) is 5.51. The second-order valence-electron chi connectivity index (χ2n) is 9.75. The minimum Gasteiger partial charge on any atom is -0.497 e. The van der Waals surface area contributed by atoms with Gasteiger partial charge in [0.05, 0.1) is 25.6 Å². The maximum Gasteiger partial charge on any atom is 0.198 e. The summed E-state index contributed by atoms with van der Waals surface area (Å²) in [6.45, 7) is 2.34. The average Bonchev–Trinajstić information content (AvgIpc) is 3.43. The second kappa shape index (κ2) is 11.2. The number of hydrogen-bond acceptors (Lipinski definition) is 8. The van der Waals surface area contributed by atoms with Crippen LogP contribution in [0.2, 0.25) is 0 Å².